The van der Waals surface area contributed by atoms with Gasteiger partial charge in [0.05, 0.1) is 6.10 Å². The number of aliphatic hydroxyl groups excluding tert-OH is 1. The number of hydrogen-bond acceptors (Lipinski definition) is 2. The molecular formula is C16H22O2. The third-order valence-corrected chi connectivity index (χ3v) is 4.39. The molecule has 1 fully saturated rings. The van der Waals surface area contributed by atoms with Crippen molar-refractivity contribution in [2.45, 2.75) is 57.7 Å². The maximum atomic E-state index is 10.0. The van der Waals surface area contributed by atoms with Crippen LogP contribution in [0.4, 0.5) is 0 Å². The highest BCUT2D eigenvalue weighted by molar-refractivity contribution is 5.40. The second-order valence-electron chi connectivity index (χ2n) is 5.90. The maximum Gasteiger partial charge on any atom is 0.123 e. The summed E-state index contributed by atoms with van der Waals surface area (Å²) in [7, 11) is 0. The number of rotatable bonds is 2. The van der Waals surface area contributed by atoms with Gasteiger partial charge in [-0.2, -0.15) is 0 Å². The van der Waals surface area contributed by atoms with Crippen LogP contribution in [0.5, 0.6) is 5.75 Å². The predicted octanol–water partition coefficient (Wildman–Crippen LogP) is 3.24. The van der Waals surface area contributed by atoms with E-state index < -0.39 is 0 Å². The molecule has 3 unspecified atom stereocenters. The Kier molecular flexibility index (Phi) is 3.29. The Morgan fingerprint density at radius 1 is 1.28 bits per heavy atom. The van der Waals surface area contributed by atoms with E-state index in [0.29, 0.717) is 5.92 Å². The lowest BCUT2D eigenvalue weighted by Gasteiger charge is -2.29. The fourth-order valence-electron chi connectivity index (χ4n) is 3.38. The largest absolute Gasteiger partial charge is 0.490 e. The Morgan fingerprint density at radius 2 is 2.11 bits per heavy atom. The van der Waals surface area contributed by atoms with E-state index in [2.05, 4.69) is 25.1 Å². The van der Waals surface area contributed by atoms with E-state index in [1.165, 1.54) is 24.0 Å². The molecule has 98 valence electrons. The zero-order chi connectivity index (χ0) is 12.5. The minimum atomic E-state index is -0.104. The van der Waals surface area contributed by atoms with Gasteiger partial charge >= 0.3 is 0 Å². The van der Waals surface area contributed by atoms with E-state index in [9.17, 15) is 5.11 Å². The molecule has 2 nitrogen and oxygen atoms in total. The highest BCUT2D eigenvalue weighted by atomic mass is 16.5. The summed E-state index contributed by atoms with van der Waals surface area (Å²) in [5.74, 6) is 1.50. The average Bonchev–Trinajstić information content (AvgIpc) is 2.73. The molecule has 1 aromatic carbocycles. The molecule has 3 rings (SSSR count). The molecule has 2 aliphatic rings. The Labute approximate surface area is 109 Å². The van der Waals surface area contributed by atoms with Gasteiger partial charge in [-0.3, -0.25) is 0 Å². The van der Waals surface area contributed by atoms with Crippen LogP contribution in [0.1, 0.15) is 43.2 Å². The van der Waals surface area contributed by atoms with Crippen molar-refractivity contribution in [3.63, 3.8) is 0 Å². The van der Waals surface area contributed by atoms with Crippen LogP contribution >= 0.6 is 0 Å². The molecule has 1 N–H and O–H groups in total. The number of hydrogen-bond donors (Lipinski definition) is 1. The Balaban J connectivity index is 1.63. The van der Waals surface area contributed by atoms with Gasteiger partial charge in [-0.05, 0) is 43.7 Å². The number of benzene rings is 1. The van der Waals surface area contributed by atoms with Crippen LogP contribution < -0.4 is 4.74 Å². The lowest BCUT2D eigenvalue weighted by atomic mass is 9.82. The standard InChI is InChI=1S/C16H22O2/c1-11-6-7-16-13(8-11)10-14(18-16)9-12-4-2-3-5-15(12)17/h6-8,12,14-15,17H,2-5,9-10H2,1H3. The molecule has 18 heavy (non-hydrogen) atoms. The summed E-state index contributed by atoms with van der Waals surface area (Å²) in [6.45, 7) is 2.12. The van der Waals surface area contributed by atoms with Gasteiger partial charge in [0.2, 0.25) is 0 Å². The summed E-state index contributed by atoms with van der Waals surface area (Å²) in [5.41, 5.74) is 2.64. The van der Waals surface area contributed by atoms with Crippen LogP contribution in [-0.4, -0.2) is 17.3 Å². The average molecular weight is 246 g/mol. The second kappa shape index (κ2) is 4.93. The van der Waals surface area contributed by atoms with Crippen LogP contribution in [-0.2, 0) is 6.42 Å². The molecule has 2 heteroatoms. The molecule has 1 aromatic rings. The summed E-state index contributed by atoms with van der Waals surface area (Å²) in [4.78, 5) is 0. The molecular weight excluding hydrogens is 224 g/mol. The lowest BCUT2D eigenvalue weighted by molar-refractivity contribution is 0.0442. The number of ether oxygens (including phenoxy) is 1. The van der Waals surface area contributed by atoms with Crippen LogP contribution in [0.15, 0.2) is 18.2 Å². The summed E-state index contributed by atoms with van der Waals surface area (Å²) in [5, 5.41) is 10.0. The molecule has 0 bridgehead atoms. The topological polar surface area (TPSA) is 29.5 Å². The highest BCUT2D eigenvalue weighted by Gasteiger charge is 2.30. The van der Waals surface area contributed by atoms with Gasteiger partial charge in [0, 0.05) is 6.42 Å². The zero-order valence-corrected chi connectivity index (χ0v) is 11.1. The van der Waals surface area contributed by atoms with E-state index in [1.807, 2.05) is 0 Å². The van der Waals surface area contributed by atoms with E-state index in [4.69, 9.17) is 4.74 Å². The molecule has 0 amide bonds. The number of fused-ring (bicyclic) bond motifs is 1. The smallest absolute Gasteiger partial charge is 0.123 e. The molecule has 0 aromatic heterocycles. The van der Waals surface area contributed by atoms with Gasteiger partial charge in [-0.25, -0.2) is 0 Å². The minimum absolute atomic E-state index is 0.104. The van der Waals surface area contributed by atoms with Gasteiger partial charge in [-0.15, -0.1) is 0 Å². The quantitative estimate of drug-likeness (QED) is 0.868. The lowest BCUT2D eigenvalue weighted by Crippen LogP contribution is -2.29. The van der Waals surface area contributed by atoms with Gasteiger partial charge in [0.15, 0.2) is 0 Å². The van der Waals surface area contributed by atoms with Gasteiger partial charge < -0.3 is 9.84 Å². The van der Waals surface area contributed by atoms with Gasteiger partial charge in [0.25, 0.3) is 0 Å². The third-order valence-electron chi connectivity index (χ3n) is 4.39. The van der Waals surface area contributed by atoms with Crippen LogP contribution in [0.25, 0.3) is 0 Å². The van der Waals surface area contributed by atoms with Gasteiger partial charge in [-0.1, -0.05) is 30.5 Å². The fourth-order valence-corrected chi connectivity index (χ4v) is 3.38. The highest BCUT2D eigenvalue weighted by Crippen LogP contribution is 2.35. The molecule has 0 saturated heterocycles. The van der Waals surface area contributed by atoms with Crippen LogP contribution in [0.3, 0.4) is 0 Å². The fraction of sp³-hybridized carbons (Fsp3) is 0.625. The van der Waals surface area contributed by atoms with Gasteiger partial charge in [0.1, 0.15) is 11.9 Å². The molecule has 0 spiro atoms. The Morgan fingerprint density at radius 3 is 2.94 bits per heavy atom. The molecule has 1 heterocycles. The molecule has 1 aliphatic carbocycles. The van der Waals surface area contributed by atoms with Crippen molar-refractivity contribution in [3.8, 4) is 5.75 Å². The Hall–Kier alpha value is -1.02. The molecule has 1 saturated carbocycles. The first-order valence-electron chi connectivity index (χ1n) is 7.16. The van der Waals surface area contributed by atoms with Crippen molar-refractivity contribution in [3.05, 3.63) is 29.3 Å². The SMILES string of the molecule is Cc1ccc2c(c1)CC(CC1CCCCC1O)O2. The summed E-state index contributed by atoms with van der Waals surface area (Å²) in [6, 6.07) is 6.42. The van der Waals surface area contributed by atoms with Crippen molar-refractivity contribution in [2.24, 2.45) is 5.92 Å². The predicted molar refractivity (Wildman–Crippen MR) is 71.9 cm³/mol. The third kappa shape index (κ3) is 2.39. The van der Waals surface area contributed by atoms with E-state index in [1.54, 1.807) is 0 Å². The van der Waals surface area contributed by atoms with E-state index in [-0.39, 0.29) is 12.2 Å². The molecule has 3 atom stereocenters. The monoisotopic (exact) mass is 246 g/mol. The van der Waals surface area contributed by atoms with Crippen molar-refractivity contribution in [1.29, 1.82) is 0 Å². The van der Waals surface area contributed by atoms with Crippen molar-refractivity contribution >= 4 is 0 Å². The summed E-state index contributed by atoms with van der Waals surface area (Å²) >= 11 is 0. The van der Waals surface area contributed by atoms with E-state index in [0.717, 1.165) is 31.4 Å². The molecule has 0 radical (unpaired) electrons. The number of aryl methyl sites for hydroxylation is 1. The van der Waals surface area contributed by atoms with E-state index >= 15 is 0 Å². The van der Waals surface area contributed by atoms with Crippen LogP contribution in [0.2, 0.25) is 0 Å². The first-order valence-corrected chi connectivity index (χ1v) is 7.16. The zero-order valence-electron chi connectivity index (χ0n) is 11.1. The molecule has 1 aliphatic heterocycles. The maximum absolute atomic E-state index is 10.0. The normalized spacial score (nSPS) is 30.9. The van der Waals surface area contributed by atoms with Crippen molar-refractivity contribution in [2.75, 3.05) is 0 Å². The summed E-state index contributed by atoms with van der Waals surface area (Å²) in [6.07, 6.45) is 6.78. The first-order chi connectivity index (χ1) is 8.72. The van der Waals surface area contributed by atoms with Crippen molar-refractivity contribution < 1.29 is 9.84 Å². The number of aliphatic hydroxyl groups is 1. The summed E-state index contributed by atoms with van der Waals surface area (Å²) < 4.78 is 6.00. The Bertz CT molecular complexity index is 427. The minimum Gasteiger partial charge on any atom is -0.490 e. The second-order valence-corrected chi connectivity index (χ2v) is 5.90. The van der Waals surface area contributed by atoms with Crippen molar-refractivity contribution in [1.82, 2.24) is 0 Å². The van der Waals surface area contributed by atoms with Crippen LogP contribution in [0, 0.1) is 12.8 Å². The first kappa shape index (κ1) is 12.0.